The summed E-state index contributed by atoms with van der Waals surface area (Å²) >= 11 is 0. The molecule has 0 bridgehead atoms. The quantitative estimate of drug-likeness (QED) is 0.357. The molecule has 4 rings (SSSR count). The smallest absolute Gasteiger partial charge is 0.331 e. The van der Waals surface area contributed by atoms with Crippen molar-refractivity contribution in [3.63, 3.8) is 0 Å². The maximum absolute atomic E-state index is 11.9. The predicted molar refractivity (Wildman–Crippen MR) is 96.4 cm³/mol. The molecule has 0 atom stereocenters. The van der Waals surface area contributed by atoms with Crippen molar-refractivity contribution in [1.29, 1.82) is 0 Å². The Bertz CT molecular complexity index is 1070. The molecule has 0 aliphatic heterocycles. The first kappa shape index (κ1) is 17.4. The van der Waals surface area contributed by atoms with Crippen LogP contribution >= 0.6 is 0 Å². The van der Waals surface area contributed by atoms with E-state index in [2.05, 4.69) is 20.5 Å². The molecule has 0 unspecified atom stereocenters. The maximum Gasteiger partial charge on any atom is 0.331 e. The highest BCUT2D eigenvalue weighted by Crippen LogP contribution is 2.18. The molecule has 0 amide bonds. The topological polar surface area (TPSA) is 109 Å². The van der Waals surface area contributed by atoms with Crippen LogP contribution in [0.2, 0.25) is 0 Å². The zero-order valence-corrected chi connectivity index (χ0v) is 14.6. The molecule has 0 fully saturated rings. The fourth-order valence-corrected chi connectivity index (χ4v) is 2.38. The van der Waals surface area contributed by atoms with Gasteiger partial charge in [0.1, 0.15) is 5.69 Å². The molecule has 0 spiro atoms. The lowest BCUT2D eigenvalue weighted by molar-refractivity contribution is -0.139. The number of aromatic nitrogens is 5. The Balaban J connectivity index is 1.28. The second-order valence-electron chi connectivity index (χ2n) is 5.75. The number of esters is 1. The number of nitrogens with zero attached hydrogens (tertiary/aromatic N) is 5. The molecule has 9 nitrogen and oxygen atoms in total. The monoisotopic (exact) mass is 377 g/mol. The summed E-state index contributed by atoms with van der Waals surface area (Å²) in [6.07, 6.45) is 6.03. The first-order valence-corrected chi connectivity index (χ1v) is 8.41. The Kier molecular flexibility index (Phi) is 5.05. The molecule has 3 heterocycles. The minimum Gasteiger partial charge on any atom is -0.459 e. The average Bonchev–Trinajstić information content (AvgIpc) is 3.47. The van der Waals surface area contributed by atoms with Gasteiger partial charge in [0.05, 0.1) is 19.0 Å². The van der Waals surface area contributed by atoms with Crippen molar-refractivity contribution in [2.45, 2.75) is 13.2 Å². The SMILES string of the molecule is O=C(/C=C/c1cn(Cc2ccccc2)nn1)OCc1nnc(-c2ccco2)o1. The van der Waals surface area contributed by atoms with Crippen molar-refractivity contribution in [3.8, 4) is 11.7 Å². The Morgan fingerprint density at radius 1 is 1.11 bits per heavy atom. The summed E-state index contributed by atoms with van der Waals surface area (Å²) in [5.41, 5.74) is 1.65. The standard InChI is InChI=1S/C19H15N5O4/c25-18(27-13-17-21-22-19(28-17)16-7-4-10-26-16)9-8-15-12-24(23-20-15)11-14-5-2-1-3-6-14/h1-10,12H,11,13H2/b9-8+. The van der Waals surface area contributed by atoms with Crippen LogP contribution in [0.4, 0.5) is 0 Å². The first-order chi connectivity index (χ1) is 13.8. The summed E-state index contributed by atoms with van der Waals surface area (Å²) in [5.74, 6) is 0.280. The number of hydrogen-bond acceptors (Lipinski definition) is 8. The number of benzene rings is 1. The van der Waals surface area contributed by atoms with Crippen LogP contribution in [0, 0.1) is 0 Å². The number of ether oxygens (including phenoxy) is 1. The third kappa shape index (κ3) is 4.39. The average molecular weight is 377 g/mol. The van der Waals surface area contributed by atoms with Gasteiger partial charge in [-0.2, -0.15) is 0 Å². The number of furan rings is 1. The second-order valence-corrected chi connectivity index (χ2v) is 5.75. The van der Waals surface area contributed by atoms with Gasteiger partial charge in [0.25, 0.3) is 11.8 Å². The van der Waals surface area contributed by atoms with Gasteiger partial charge >= 0.3 is 5.97 Å². The molecule has 3 aromatic heterocycles. The zero-order chi connectivity index (χ0) is 19.2. The predicted octanol–water partition coefficient (Wildman–Crippen LogP) is 2.73. The minimum absolute atomic E-state index is 0.141. The molecule has 0 saturated carbocycles. The van der Waals surface area contributed by atoms with Crippen molar-refractivity contribution in [3.05, 3.63) is 78.1 Å². The highest BCUT2D eigenvalue weighted by Gasteiger charge is 2.12. The minimum atomic E-state index is -0.560. The van der Waals surface area contributed by atoms with Crippen LogP contribution in [-0.2, 0) is 22.7 Å². The fraction of sp³-hybridized carbons (Fsp3) is 0.105. The van der Waals surface area contributed by atoms with E-state index in [1.54, 1.807) is 23.0 Å². The number of carbonyl (C=O) groups is 1. The van der Waals surface area contributed by atoms with Crippen LogP contribution in [0.15, 0.2) is 69.8 Å². The Morgan fingerprint density at radius 2 is 2.00 bits per heavy atom. The van der Waals surface area contributed by atoms with Gasteiger partial charge in [-0.1, -0.05) is 35.5 Å². The normalized spacial score (nSPS) is 11.1. The third-order valence-corrected chi connectivity index (χ3v) is 3.67. The van der Waals surface area contributed by atoms with E-state index in [-0.39, 0.29) is 18.4 Å². The molecular formula is C19H15N5O4. The summed E-state index contributed by atoms with van der Waals surface area (Å²) in [5, 5.41) is 15.7. The van der Waals surface area contributed by atoms with Gasteiger partial charge in [0.2, 0.25) is 0 Å². The number of rotatable bonds is 7. The molecule has 28 heavy (non-hydrogen) atoms. The largest absolute Gasteiger partial charge is 0.459 e. The lowest BCUT2D eigenvalue weighted by Crippen LogP contribution is -2.01. The van der Waals surface area contributed by atoms with Crippen LogP contribution in [0.3, 0.4) is 0 Å². The summed E-state index contributed by atoms with van der Waals surface area (Å²) in [4.78, 5) is 11.9. The Morgan fingerprint density at radius 3 is 2.82 bits per heavy atom. The molecule has 140 valence electrons. The molecule has 0 radical (unpaired) electrons. The Labute approximate surface area is 159 Å². The molecular weight excluding hydrogens is 362 g/mol. The van der Waals surface area contributed by atoms with Gasteiger partial charge in [-0.3, -0.25) is 0 Å². The summed E-state index contributed by atoms with van der Waals surface area (Å²) < 4.78 is 17.3. The molecule has 0 N–H and O–H groups in total. The van der Waals surface area contributed by atoms with Gasteiger partial charge in [0.15, 0.2) is 12.4 Å². The van der Waals surface area contributed by atoms with E-state index in [9.17, 15) is 4.79 Å². The molecule has 0 aliphatic rings. The summed E-state index contributed by atoms with van der Waals surface area (Å²) in [6, 6.07) is 13.3. The van der Waals surface area contributed by atoms with E-state index in [1.807, 2.05) is 30.3 Å². The zero-order valence-electron chi connectivity index (χ0n) is 14.6. The molecule has 1 aromatic carbocycles. The van der Waals surface area contributed by atoms with E-state index in [4.69, 9.17) is 13.6 Å². The van der Waals surface area contributed by atoms with Gasteiger partial charge in [-0.25, -0.2) is 9.48 Å². The van der Waals surface area contributed by atoms with Crippen molar-refractivity contribution in [2.24, 2.45) is 0 Å². The van der Waals surface area contributed by atoms with Gasteiger partial charge in [-0.15, -0.1) is 15.3 Å². The molecule has 9 heteroatoms. The van der Waals surface area contributed by atoms with Crippen molar-refractivity contribution in [1.82, 2.24) is 25.2 Å². The fourth-order valence-electron chi connectivity index (χ4n) is 2.38. The van der Waals surface area contributed by atoms with Crippen LogP contribution in [0.25, 0.3) is 17.7 Å². The van der Waals surface area contributed by atoms with E-state index >= 15 is 0 Å². The number of carbonyl (C=O) groups excluding carboxylic acids is 1. The van der Waals surface area contributed by atoms with Crippen molar-refractivity contribution >= 4 is 12.0 Å². The van der Waals surface area contributed by atoms with E-state index in [1.165, 1.54) is 18.4 Å². The maximum atomic E-state index is 11.9. The highest BCUT2D eigenvalue weighted by molar-refractivity contribution is 5.86. The van der Waals surface area contributed by atoms with Crippen LogP contribution in [0.1, 0.15) is 17.1 Å². The van der Waals surface area contributed by atoms with E-state index in [0.717, 1.165) is 5.56 Å². The highest BCUT2D eigenvalue weighted by atomic mass is 16.5. The van der Waals surface area contributed by atoms with Crippen LogP contribution in [-0.4, -0.2) is 31.2 Å². The molecule has 0 saturated heterocycles. The third-order valence-electron chi connectivity index (χ3n) is 3.67. The van der Waals surface area contributed by atoms with Gasteiger partial charge in [-0.05, 0) is 23.8 Å². The summed E-state index contributed by atoms with van der Waals surface area (Å²) in [6.45, 7) is 0.457. The lowest BCUT2D eigenvalue weighted by atomic mass is 10.2. The van der Waals surface area contributed by atoms with Crippen LogP contribution in [0.5, 0.6) is 0 Å². The lowest BCUT2D eigenvalue weighted by Gasteiger charge is -1.99. The van der Waals surface area contributed by atoms with Gasteiger partial charge < -0.3 is 13.6 Å². The van der Waals surface area contributed by atoms with Crippen molar-refractivity contribution in [2.75, 3.05) is 0 Å². The molecule has 0 aliphatic carbocycles. The van der Waals surface area contributed by atoms with E-state index in [0.29, 0.717) is 18.0 Å². The Hall–Kier alpha value is -4.01. The first-order valence-electron chi connectivity index (χ1n) is 8.41. The second kappa shape index (κ2) is 8.12. The summed E-state index contributed by atoms with van der Waals surface area (Å²) in [7, 11) is 0. The number of hydrogen-bond donors (Lipinski definition) is 0. The van der Waals surface area contributed by atoms with Gasteiger partial charge in [0, 0.05) is 6.08 Å². The van der Waals surface area contributed by atoms with E-state index < -0.39 is 5.97 Å². The van der Waals surface area contributed by atoms with Crippen LogP contribution < -0.4 is 0 Å². The molecule has 4 aromatic rings. The van der Waals surface area contributed by atoms with Crippen molar-refractivity contribution < 1.29 is 18.4 Å².